The molecular formula is C9H10N2O5S. The summed E-state index contributed by atoms with van der Waals surface area (Å²) in [5.41, 5.74) is 0. The molecule has 1 atom stereocenters. The lowest BCUT2D eigenvalue weighted by Gasteiger charge is -2.05. The molecule has 0 aliphatic rings. The lowest BCUT2D eigenvalue weighted by molar-refractivity contribution is 0.0660. The van der Waals surface area contributed by atoms with Crippen molar-refractivity contribution >= 4 is 16.0 Å². The van der Waals surface area contributed by atoms with Gasteiger partial charge in [-0.25, -0.2) is 17.9 Å². The Balaban J connectivity index is 2.68. The topological polar surface area (TPSA) is 120 Å². The smallest absolute Gasteiger partial charge is 0.371 e. The van der Waals surface area contributed by atoms with Gasteiger partial charge in [-0.2, -0.15) is 5.26 Å². The van der Waals surface area contributed by atoms with E-state index in [0.717, 1.165) is 0 Å². The van der Waals surface area contributed by atoms with Crippen LogP contribution in [0, 0.1) is 11.3 Å². The molecular weight excluding hydrogens is 248 g/mol. The normalized spacial score (nSPS) is 12.9. The van der Waals surface area contributed by atoms with Crippen molar-refractivity contribution < 1.29 is 22.7 Å². The number of carboxylic acid groups (broad SMARTS) is 1. The maximum absolute atomic E-state index is 11.4. The third-order valence-corrected chi connectivity index (χ3v) is 3.55. The predicted octanol–water partition coefficient (Wildman–Crippen LogP) is 0.309. The SMILES string of the molecule is CC(C#N)S(=O)(=O)NCc1ccc(C(=O)O)o1. The molecule has 1 heterocycles. The van der Waals surface area contributed by atoms with Gasteiger partial charge in [-0.15, -0.1) is 0 Å². The lowest BCUT2D eigenvalue weighted by Crippen LogP contribution is -2.31. The zero-order valence-electron chi connectivity index (χ0n) is 8.87. The minimum absolute atomic E-state index is 0.163. The average Bonchev–Trinajstić information content (AvgIpc) is 2.74. The molecule has 1 aromatic heterocycles. The average molecular weight is 258 g/mol. The van der Waals surface area contributed by atoms with E-state index in [2.05, 4.69) is 4.72 Å². The monoisotopic (exact) mass is 258 g/mol. The number of hydrogen-bond donors (Lipinski definition) is 2. The van der Waals surface area contributed by atoms with Gasteiger partial charge in [0.1, 0.15) is 5.76 Å². The third-order valence-electron chi connectivity index (χ3n) is 1.97. The Labute approximate surface area is 97.7 Å². The number of nitrogens with zero attached hydrogens (tertiary/aromatic N) is 1. The first-order valence-electron chi connectivity index (χ1n) is 4.57. The Bertz CT molecular complexity index is 554. The summed E-state index contributed by atoms with van der Waals surface area (Å²) in [6.07, 6.45) is 0. The van der Waals surface area contributed by atoms with Crippen molar-refractivity contribution in [2.45, 2.75) is 18.7 Å². The van der Waals surface area contributed by atoms with Gasteiger partial charge in [0.2, 0.25) is 15.8 Å². The molecule has 8 heteroatoms. The van der Waals surface area contributed by atoms with Crippen LogP contribution in [0.3, 0.4) is 0 Å². The van der Waals surface area contributed by atoms with Gasteiger partial charge in [0.25, 0.3) is 0 Å². The summed E-state index contributed by atoms with van der Waals surface area (Å²) in [7, 11) is -3.74. The molecule has 0 amide bonds. The number of carboxylic acids is 1. The van der Waals surface area contributed by atoms with Crippen molar-refractivity contribution in [3.63, 3.8) is 0 Å². The molecule has 17 heavy (non-hydrogen) atoms. The van der Waals surface area contributed by atoms with Gasteiger partial charge in [-0.05, 0) is 19.1 Å². The summed E-state index contributed by atoms with van der Waals surface area (Å²) in [5.74, 6) is -1.34. The molecule has 7 nitrogen and oxygen atoms in total. The quantitative estimate of drug-likeness (QED) is 0.784. The molecule has 0 bridgehead atoms. The highest BCUT2D eigenvalue weighted by atomic mass is 32.2. The standard InChI is InChI=1S/C9H10N2O5S/c1-6(4-10)17(14,15)11-5-7-2-3-8(16-7)9(12)13/h2-3,6,11H,5H2,1H3,(H,12,13). The van der Waals surface area contributed by atoms with E-state index in [9.17, 15) is 13.2 Å². The molecule has 92 valence electrons. The van der Waals surface area contributed by atoms with Crippen molar-refractivity contribution in [1.82, 2.24) is 4.72 Å². The second kappa shape index (κ2) is 4.99. The Kier molecular flexibility index (Phi) is 3.88. The summed E-state index contributed by atoms with van der Waals surface area (Å²) in [6.45, 7) is 1.05. The summed E-state index contributed by atoms with van der Waals surface area (Å²) < 4.78 is 29.8. The Morgan fingerprint density at radius 1 is 1.65 bits per heavy atom. The van der Waals surface area contributed by atoms with Crippen molar-refractivity contribution in [1.29, 1.82) is 5.26 Å². The number of nitriles is 1. The lowest BCUT2D eigenvalue weighted by atomic mass is 10.4. The van der Waals surface area contributed by atoms with Gasteiger partial charge < -0.3 is 9.52 Å². The summed E-state index contributed by atoms with van der Waals surface area (Å²) >= 11 is 0. The Morgan fingerprint density at radius 3 is 2.76 bits per heavy atom. The molecule has 1 unspecified atom stereocenters. The van der Waals surface area contributed by atoms with Gasteiger partial charge in [0.05, 0.1) is 12.6 Å². The Hall–Kier alpha value is -1.85. The minimum atomic E-state index is -3.74. The van der Waals surface area contributed by atoms with E-state index in [1.807, 2.05) is 0 Å². The molecule has 0 radical (unpaired) electrons. The number of rotatable bonds is 5. The van der Waals surface area contributed by atoms with Gasteiger partial charge in [-0.1, -0.05) is 0 Å². The molecule has 1 aromatic rings. The van der Waals surface area contributed by atoms with E-state index in [1.54, 1.807) is 6.07 Å². The van der Waals surface area contributed by atoms with Crippen molar-refractivity contribution in [2.75, 3.05) is 0 Å². The largest absolute Gasteiger partial charge is 0.475 e. The minimum Gasteiger partial charge on any atom is -0.475 e. The Morgan fingerprint density at radius 2 is 2.29 bits per heavy atom. The fourth-order valence-electron chi connectivity index (χ4n) is 0.954. The van der Waals surface area contributed by atoms with Crippen molar-refractivity contribution in [3.8, 4) is 6.07 Å². The molecule has 0 aromatic carbocycles. The fraction of sp³-hybridized carbons (Fsp3) is 0.333. The van der Waals surface area contributed by atoms with Crippen LogP contribution in [0.4, 0.5) is 0 Å². The van der Waals surface area contributed by atoms with Gasteiger partial charge in [0, 0.05) is 0 Å². The van der Waals surface area contributed by atoms with Gasteiger partial charge in [0.15, 0.2) is 5.25 Å². The van der Waals surface area contributed by atoms with Crippen LogP contribution in [0.5, 0.6) is 0 Å². The highest BCUT2D eigenvalue weighted by Crippen LogP contribution is 2.08. The van der Waals surface area contributed by atoms with Crippen molar-refractivity contribution in [2.24, 2.45) is 0 Å². The van der Waals surface area contributed by atoms with Crippen LogP contribution in [-0.4, -0.2) is 24.7 Å². The molecule has 0 aliphatic carbocycles. The van der Waals surface area contributed by atoms with E-state index >= 15 is 0 Å². The fourth-order valence-corrected chi connectivity index (χ4v) is 1.69. The maximum Gasteiger partial charge on any atom is 0.371 e. The zero-order valence-corrected chi connectivity index (χ0v) is 9.69. The first kappa shape index (κ1) is 13.2. The number of furan rings is 1. The van der Waals surface area contributed by atoms with Crippen molar-refractivity contribution in [3.05, 3.63) is 23.7 Å². The van der Waals surface area contributed by atoms with Crippen LogP contribution in [0.1, 0.15) is 23.2 Å². The highest BCUT2D eigenvalue weighted by molar-refractivity contribution is 7.90. The molecule has 0 spiro atoms. The molecule has 0 aliphatic heterocycles. The molecule has 0 saturated heterocycles. The first-order chi connectivity index (χ1) is 7.86. The van der Waals surface area contributed by atoms with Gasteiger partial charge in [-0.3, -0.25) is 0 Å². The van der Waals surface area contributed by atoms with Crippen LogP contribution < -0.4 is 4.72 Å². The van der Waals surface area contributed by atoms with E-state index in [1.165, 1.54) is 19.1 Å². The second-order valence-electron chi connectivity index (χ2n) is 3.21. The van der Waals surface area contributed by atoms with Crippen LogP contribution in [0.15, 0.2) is 16.5 Å². The molecule has 0 saturated carbocycles. The summed E-state index contributed by atoms with van der Waals surface area (Å²) in [6, 6.07) is 4.16. The van der Waals surface area contributed by atoms with Crippen LogP contribution in [0.2, 0.25) is 0 Å². The molecule has 2 N–H and O–H groups in total. The van der Waals surface area contributed by atoms with Gasteiger partial charge >= 0.3 is 5.97 Å². The van der Waals surface area contributed by atoms with Crippen LogP contribution in [0.25, 0.3) is 0 Å². The number of nitrogens with one attached hydrogen (secondary N) is 1. The summed E-state index contributed by atoms with van der Waals surface area (Å²) in [4.78, 5) is 10.5. The number of hydrogen-bond acceptors (Lipinski definition) is 5. The second-order valence-corrected chi connectivity index (χ2v) is 5.29. The highest BCUT2D eigenvalue weighted by Gasteiger charge is 2.20. The van der Waals surface area contributed by atoms with E-state index < -0.39 is 21.2 Å². The van der Waals surface area contributed by atoms with Crippen LogP contribution >= 0.6 is 0 Å². The molecule has 0 fully saturated rings. The van der Waals surface area contributed by atoms with Crippen LogP contribution in [-0.2, 0) is 16.6 Å². The first-order valence-corrected chi connectivity index (χ1v) is 6.11. The van der Waals surface area contributed by atoms with E-state index in [4.69, 9.17) is 14.8 Å². The number of aromatic carboxylic acids is 1. The van der Waals surface area contributed by atoms with E-state index in [-0.39, 0.29) is 18.1 Å². The number of carbonyl (C=O) groups is 1. The number of sulfonamides is 1. The van der Waals surface area contributed by atoms with E-state index in [0.29, 0.717) is 0 Å². The maximum atomic E-state index is 11.4. The molecule has 1 rings (SSSR count). The summed E-state index contributed by atoms with van der Waals surface area (Å²) in [5, 5.41) is 15.9. The predicted molar refractivity (Wildman–Crippen MR) is 56.5 cm³/mol. The third kappa shape index (κ3) is 3.30. The zero-order chi connectivity index (χ0) is 13.1.